The molecular weight excluding hydrogens is 342 g/mol. The maximum atomic E-state index is 13.0. The van der Waals surface area contributed by atoms with Gasteiger partial charge in [-0.15, -0.1) is 0 Å². The summed E-state index contributed by atoms with van der Waals surface area (Å²) in [5.41, 5.74) is 1.06. The highest BCUT2D eigenvalue weighted by atomic mass is 16.5. The van der Waals surface area contributed by atoms with E-state index >= 15 is 0 Å². The van der Waals surface area contributed by atoms with Gasteiger partial charge in [0.15, 0.2) is 0 Å². The number of aryl methyl sites for hydroxylation is 1. The summed E-state index contributed by atoms with van der Waals surface area (Å²) in [6.07, 6.45) is 5.50. The molecule has 0 aliphatic heterocycles. The first-order chi connectivity index (χ1) is 12.9. The molecule has 0 unspecified atom stereocenters. The number of methoxy groups -OCH3 is 1. The van der Waals surface area contributed by atoms with Crippen molar-refractivity contribution in [2.24, 2.45) is 13.0 Å². The van der Waals surface area contributed by atoms with Gasteiger partial charge in [0.05, 0.1) is 19.7 Å². The quantitative estimate of drug-likeness (QED) is 0.495. The van der Waals surface area contributed by atoms with Crippen LogP contribution in [0.5, 0.6) is 0 Å². The van der Waals surface area contributed by atoms with Crippen LogP contribution in [0.25, 0.3) is 0 Å². The second kappa shape index (κ2) is 12.5. The molecular formula is C21H37N3O3. The van der Waals surface area contributed by atoms with Crippen molar-refractivity contribution in [3.63, 3.8) is 0 Å². The molecule has 154 valence electrons. The van der Waals surface area contributed by atoms with Crippen LogP contribution < -0.4 is 0 Å². The first kappa shape index (κ1) is 23.2. The van der Waals surface area contributed by atoms with Crippen LogP contribution in [-0.4, -0.2) is 59.5 Å². The largest absolute Gasteiger partial charge is 0.383 e. The van der Waals surface area contributed by atoms with Crippen molar-refractivity contribution >= 4 is 11.8 Å². The molecule has 0 saturated carbocycles. The number of amides is 2. The number of carbonyl (C=O) groups excluding carboxylic acids is 2. The molecule has 0 fully saturated rings. The molecule has 0 atom stereocenters. The van der Waals surface area contributed by atoms with Crippen molar-refractivity contribution in [3.8, 4) is 0 Å². The number of hydrogen-bond donors (Lipinski definition) is 0. The molecule has 0 radical (unpaired) electrons. The number of ether oxygens (including phenoxy) is 1. The van der Waals surface area contributed by atoms with Gasteiger partial charge in [-0.05, 0) is 24.5 Å². The Balaban J connectivity index is 2.79. The van der Waals surface area contributed by atoms with Crippen LogP contribution in [0.4, 0.5) is 0 Å². The summed E-state index contributed by atoms with van der Waals surface area (Å²) in [7, 11) is 3.60. The summed E-state index contributed by atoms with van der Waals surface area (Å²) in [4.78, 5) is 29.1. The van der Waals surface area contributed by atoms with Gasteiger partial charge in [0.2, 0.25) is 11.8 Å². The monoisotopic (exact) mass is 379 g/mol. The van der Waals surface area contributed by atoms with E-state index in [9.17, 15) is 9.59 Å². The highest BCUT2D eigenvalue weighted by Crippen LogP contribution is 2.10. The Kier molecular flexibility index (Phi) is 10.8. The average molecular weight is 380 g/mol. The highest BCUT2D eigenvalue weighted by Gasteiger charge is 2.22. The lowest BCUT2D eigenvalue weighted by atomic mass is 10.1. The zero-order valence-corrected chi connectivity index (χ0v) is 17.7. The van der Waals surface area contributed by atoms with Crippen molar-refractivity contribution < 1.29 is 14.3 Å². The molecule has 1 aromatic heterocycles. The molecule has 0 aliphatic rings. The average Bonchev–Trinajstić information content (AvgIpc) is 3.02. The number of rotatable bonds is 13. The van der Waals surface area contributed by atoms with Crippen LogP contribution in [0.2, 0.25) is 0 Å². The van der Waals surface area contributed by atoms with Crippen LogP contribution in [0.3, 0.4) is 0 Å². The number of carbonyl (C=O) groups is 2. The SMILES string of the molecule is CCCCCC(=O)N(CC(=O)N(CCOC)Cc1cccn1C)CC(C)C. The molecule has 0 N–H and O–H groups in total. The van der Waals surface area contributed by atoms with Crippen molar-refractivity contribution in [3.05, 3.63) is 24.0 Å². The maximum absolute atomic E-state index is 13.0. The molecule has 0 saturated heterocycles. The molecule has 0 aliphatic carbocycles. The van der Waals surface area contributed by atoms with E-state index in [0.29, 0.717) is 38.6 Å². The lowest BCUT2D eigenvalue weighted by Crippen LogP contribution is -2.45. The summed E-state index contributed by atoms with van der Waals surface area (Å²) in [5, 5.41) is 0. The van der Waals surface area contributed by atoms with Gasteiger partial charge in [0.1, 0.15) is 0 Å². The van der Waals surface area contributed by atoms with E-state index in [2.05, 4.69) is 20.8 Å². The van der Waals surface area contributed by atoms with E-state index in [4.69, 9.17) is 4.74 Å². The van der Waals surface area contributed by atoms with Crippen LogP contribution in [0, 0.1) is 5.92 Å². The Morgan fingerprint density at radius 3 is 2.48 bits per heavy atom. The van der Waals surface area contributed by atoms with Crippen LogP contribution >= 0.6 is 0 Å². The van der Waals surface area contributed by atoms with Crippen LogP contribution in [0.1, 0.15) is 52.1 Å². The normalized spacial score (nSPS) is 11.0. The Bertz CT molecular complexity index is 569. The predicted molar refractivity (Wildman–Crippen MR) is 108 cm³/mol. The van der Waals surface area contributed by atoms with Gasteiger partial charge in [-0.2, -0.15) is 0 Å². The summed E-state index contributed by atoms with van der Waals surface area (Å²) < 4.78 is 7.18. The standard InChI is InChI=1S/C21H37N3O3/c1-6-7-8-11-20(25)24(15-18(2)3)17-21(26)23(13-14-27-5)16-19-10-9-12-22(19)4/h9-10,12,18H,6-8,11,13-17H2,1-5H3. The van der Waals surface area contributed by atoms with Gasteiger partial charge in [0, 0.05) is 45.6 Å². The number of nitrogens with zero attached hydrogens (tertiary/aromatic N) is 3. The third kappa shape index (κ3) is 8.61. The van der Waals surface area contributed by atoms with Crippen molar-refractivity contribution in [2.45, 2.75) is 53.0 Å². The fourth-order valence-corrected chi connectivity index (χ4v) is 2.99. The van der Waals surface area contributed by atoms with Crippen LogP contribution in [0.15, 0.2) is 18.3 Å². The molecule has 1 heterocycles. The minimum atomic E-state index is -0.0299. The minimum Gasteiger partial charge on any atom is -0.383 e. The second-order valence-corrected chi connectivity index (χ2v) is 7.54. The van der Waals surface area contributed by atoms with Gasteiger partial charge in [-0.1, -0.05) is 33.6 Å². The van der Waals surface area contributed by atoms with Crippen LogP contribution in [-0.2, 0) is 27.9 Å². The van der Waals surface area contributed by atoms with Gasteiger partial charge < -0.3 is 19.1 Å². The number of aromatic nitrogens is 1. The van der Waals surface area contributed by atoms with E-state index < -0.39 is 0 Å². The molecule has 1 aromatic rings. The van der Waals surface area contributed by atoms with E-state index in [0.717, 1.165) is 25.0 Å². The van der Waals surface area contributed by atoms with E-state index in [-0.39, 0.29) is 18.4 Å². The lowest BCUT2D eigenvalue weighted by Gasteiger charge is -2.29. The Hall–Kier alpha value is -1.82. The fraction of sp³-hybridized carbons (Fsp3) is 0.714. The Labute approximate surface area is 164 Å². The maximum Gasteiger partial charge on any atom is 0.242 e. The molecule has 1 rings (SSSR count). The first-order valence-electron chi connectivity index (χ1n) is 10.0. The van der Waals surface area contributed by atoms with Gasteiger partial charge >= 0.3 is 0 Å². The molecule has 6 nitrogen and oxygen atoms in total. The highest BCUT2D eigenvalue weighted by molar-refractivity contribution is 5.84. The van der Waals surface area contributed by atoms with Gasteiger partial charge in [-0.3, -0.25) is 9.59 Å². The Morgan fingerprint density at radius 1 is 1.19 bits per heavy atom. The first-order valence-corrected chi connectivity index (χ1v) is 10.0. The van der Waals surface area contributed by atoms with Crippen molar-refractivity contribution in [1.82, 2.24) is 14.4 Å². The zero-order chi connectivity index (χ0) is 20.2. The van der Waals surface area contributed by atoms with E-state index in [1.807, 2.05) is 29.9 Å². The van der Waals surface area contributed by atoms with Gasteiger partial charge in [-0.25, -0.2) is 0 Å². The Morgan fingerprint density at radius 2 is 1.93 bits per heavy atom. The molecule has 0 spiro atoms. The topological polar surface area (TPSA) is 54.8 Å². The summed E-state index contributed by atoms with van der Waals surface area (Å²) in [5.74, 6) is 0.377. The summed E-state index contributed by atoms with van der Waals surface area (Å²) >= 11 is 0. The third-order valence-corrected chi connectivity index (χ3v) is 4.58. The smallest absolute Gasteiger partial charge is 0.242 e. The minimum absolute atomic E-state index is 0.0299. The van der Waals surface area contributed by atoms with E-state index in [1.54, 1.807) is 16.9 Å². The summed E-state index contributed by atoms with van der Waals surface area (Å²) in [6, 6.07) is 3.98. The molecule has 2 amide bonds. The van der Waals surface area contributed by atoms with Gasteiger partial charge in [0.25, 0.3) is 0 Å². The molecule has 6 heteroatoms. The fourth-order valence-electron chi connectivity index (χ4n) is 2.99. The van der Waals surface area contributed by atoms with Crippen molar-refractivity contribution in [2.75, 3.05) is 33.4 Å². The predicted octanol–water partition coefficient (Wildman–Crippen LogP) is 3.07. The third-order valence-electron chi connectivity index (χ3n) is 4.58. The van der Waals surface area contributed by atoms with E-state index in [1.165, 1.54) is 0 Å². The lowest BCUT2D eigenvalue weighted by molar-refractivity contribution is -0.141. The second-order valence-electron chi connectivity index (χ2n) is 7.54. The number of unbranched alkanes of at least 4 members (excludes halogenated alkanes) is 2. The van der Waals surface area contributed by atoms with Crippen molar-refractivity contribution in [1.29, 1.82) is 0 Å². The summed E-state index contributed by atoms with van der Waals surface area (Å²) in [6.45, 7) is 8.52. The molecule has 0 bridgehead atoms. The molecule has 27 heavy (non-hydrogen) atoms. The molecule has 0 aromatic carbocycles. The number of hydrogen-bond acceptors (Lipinski definition) is 3. The zero-order valence-electron chi connectivity index (χ0n) is 17.7.